The Labute approximate surface area is 122 Å². The predicted octanol–water partition coefficient (Wildman–Crippen LogP) is 4.29. The van der Waals surface area contributed by atoms with Gasteiger partial charge in [-0.3, -0.25) is 0 Å². The Hall–Kier alpha value is -1.96. The Morgan fingerprint density at radius 1 is 1.00 bits per heavy atom. The lowest BCUT2D eigenvalue weighted by molar-refractivity contribution is 0.910. The summed E-state index contributed by atoms with van der Waals surface area (Å²) in [5.41, 5.74) is 7.94. The maximum absolute atomic E-state index is 3.19. The van der Waals surface area contributed by atoms with Crippen molar-refractivity contribution in [3.05, 3.63) is 58.7 Å². The summed E-state index contributed by atoms with van der Waals surface area (Å²) in [6.45, 7) is 7.53. The summed E-state index contributed by atoms with van der Waals surface area (Å²) in [6, 6.07) is 13.0. The highest BCUT2D eigenvalue weighted by atomic mass is 15.1. The summed E-state index contributed by atoms with van der Waals surface area (Å²) in [4.78, 5) is 2.29. The molecule has 0 spiro atoms. The number of aryl methyl sites for hydroxylation is 1. The topological polar surface area (TPSA) is 15.3 Å². The van der Waals surface area contributed by atoms with E-state index in [9.17, 15) is 0 Å². The molecule has 0 atom stereocenters. The van der Waals surface area contributed by atoms with Crippen molar-refractivity contribution in [2.45, 2.75) is 27.3 Å². The number of rotatable bonds is 4. The third kappa shape index (κ3) is 2.96. The molecule has 0 radical (unpaired) electrons. The van der Waals surface area contributed by atoms with Gasteiger partial charge in [-0.05, 0) is 61.2 Å². The van der Waals surface area contributed by atoms with Gasteiger partial charge < -0.3 is 10.2 Å². The summed E-state index contributed by atoms with van der Waals surface area (Å²) in [6.07, 6.45) is 0. The predicted molar refractivity (Wildman–Crippen MR) is 88.7 cm³/mol. The summed E-state index contributed by atoms with van der Waals surface area (Å²) < 4.78 is 0. The number of hydrogen-bond donors (Lipinski definition) is 1. The fraction of sp³-hybridized carbons (Fsp3) is 0.333. The highest BCUT2D eigenvalue weighted by Crippen LogP contribution is 2.23. The molecule has 0 heterocycles. The lowest BCUT2D eigenvalue weighted by Crippen LogP contribution is -2.17. The molecule has 0 bridgehead atoms. The van der Waals surface area contributed by atoms with Crippen LogP contribution in [0.1, 0.15) is 22.3 Å². The van der Waals surface area contributed by atoms with Crippen LogP contribution in [0, 0.1) is 20.8 Å². The van der Waals surface area contributed by atoms with Crippen molar-refractivity contribution in [2.75, 3.05) is 24.3 Å². The molecule has 0 unspecified atom stereocenters. The molecule has 0 saturated heterocycles. The monoisotopic (exact) mass is 268 g/mol. The average Bonchev–Trinajstić information content (AvgIpc) is 2.48. The number of nitrogens with zero attached hydrogens (tertiary/aromatic N) is 1. The first-order chi connectivity index (χ1) is 9.52. The van der Waals surface area contributed by atoms with Crippen LogP contribution >= 0.6 is 0 Å². The van der Waals surface area contributed by atoms with Crippen LogP contribution in [0.25, 0.3) is 0 Å². The molecule has 2 aromatic rings. The lowest BCUT2D eigenvalue weighted by atomic mass is 9.98. The summed E-state index contributed by atoms with van der Waals surface area (Å²) in [5, 5.41) is 3.19. The molecule has 0 amide bonds. The molecular weight excluding hydrogens is 244 g/mol. The Kier molecular flexibility index (Phi) is 4.33. The van der Waals surface area contributed by atoms with Gasteiger partial charge in [0.05, 0.1) is 0 Å². The van der Waals surface area contributed by atoms with Crippen molar-refractivity contribution >= 4 is 11.4 Å². The van der Waals surface area contributed by atoms with E-state index < -0.39 is 0 Å². The van der Waals surface area contributed by atoms with Gasteiger partial charge in [-0.1, -0.05) is 18.2 Å². The van der Waals surface area contributed by atoms with E-state index in [2.05, 4.69) is 74.4 Å². The molecule has 0 aliphatic carbocycles. The van der Waals surface area contributed by atoms with Crippen molar-refractivity contribution in [2.24, 2.45) is 0 Å². The zero-order valence-electron chi connectivity index (χ0n) is 13.1. The fourth-order valence-electron chi connectivity index (χ4n) is 2.43. The van der Waals surface area contributed by atoms with Crippen molar-refractivity contribution in [3.63, 3.8) is 0 Å². The summed E-state index contributed by atoms with van der Waals surface area (Å²) >= 11 is 0. The van der Waals surface area contributed by atoms with Crippen LogP contribution in [-0.2, 0) is 6.54 Å². The van der Waals surface area contributed by atoms with E-state index in [0.717, 1.165) is 12.2 Å². The van der Waals surface area contributed by atoms with Gasteiger partial charge in [0.15, 0.2) is 0 Å². The Morgan fingerprint density at radius 2 is 1.75 bits per heavy atom. The van der Waals surface area contributed by atoms with E-state index in [1.54, 1.807) is 0 Å². The zero-order valence-corrected chi connectivity index (χ0v) is 13.1. The first-order valence-electron chi connectivity index (χ1n) is 7.07. The molecule has 2 rings (SSSR count). The molecule has 0 saturated carbocycles. The first-order valence-corrected chi connectivity index (χ1v) is 7.07. The molecule has 0 aliphatic rings. The third-order valence-corrected chi connectivity index (χ3v) is 4.15. The Bertz CT molecular complexity index is 602. The minimum absolute atomic E-state index is 0.931. The number of hydrogen-bond acceptors (Lipinski definition) is 2. The SMILES string of the molecule is CNc1cccc(N(C)Cc2ccc(C)c(C)c2C)c1. The molecular formula is C18H24N2. The van der Waals surface area contributed by atoms with E-state index in [4.69, 9.17) is 0 Å². The van der Waals surface area contributed by atoms with Gasteiger partial charge in [0.2, 0.25) is 0 Å². The molecule has 0 aromatic heterocycles. The first kappa shape index (κ1) is 14.4. The van der Waals surface area contributed by atoms with Crippen LogP contribution in [0.5, 0.6) is 0 Å². The van der Waals surface area contributed by atoms with Gasteiger partial charge >= 0.3 is 0 Å². The van der Waals surface area contributed by atoms with Gasteiger partial charge in [0.25, 0.3) is 0 Å². The average molecular weight is 268 g/mol. The number of nitrogens with one attached hydrogen (secondary N) is 1. The van der Waals surface area contributed by atoms with Crippen molar-refractivity contribution in [3.8, 4) is 0 Å². The maximum Gasteiger partial charge on any atom is 0.0428 e. The summed E-state index contributed by atoms with van der Waals surface area (Å²) in [5.74, 6) is 0. The van der Waals surface area contributed by atoms with Crippen LogP contribution in [0.15, 0.2) is 36.4 Å². The molecule has 106 valence electrons. The largest absolute Gasteiger partial charge is 0.388 e. The molecule has 20 heavy (non-hydrogen) atoms. The minimum atomic E-state index is 0.931. The normalized spacial score (nSPS) is 10.4. The van der Waals surface area contributed by atoms with Crippen LogP contribution in [-0.4, -0.2) is 14.1 Å². The van der Waals surface area contributed by atoms with Gasteiger partial charge in [0.1, 0.15) is 0 Å². The number of benzene rings is 2. The second-order valence-corrected chi connectivity index (χ2v) is 5.45. The minimum Gasteiger partial charge on any atom is -0.388 e. The van der Waals surface area contributed by atoms with E-state index in [0.29, 0.717) is 0 Å². The van der Waals surface area contributed by atoms with Crippen LogP contribution < -0.4 is 10.2 Å². The molecule has 2 heteroatoms. The number of anilines is 2. The quantitative estimate of drug-likeness (QED) is 0.890. The fourth-order valence-corrected chi connectivity index (χ4v) is 2.43. The third-order valence-electron chi connectivity index (χ3n) is 4.15. The van der Waals surface area contributed by atoms with E-state index in [1.165, 1.54) is 27.9 Å². The second-order valence-electron chi connectivity index (χ2n) is 5.45. The molecule has 1 N–H and O–H groups in total. The van der Waals surface area contributed by atoms with Crippen LogP contribution in [0.3, 0.4) is 0 Å². The zero-order chi connectivity index (χ0) is 14.7. The molecule has 0 aliphatic heterocycles. The van der Waals surface area contributed by atoms with E-state index in [-0.39, 0.29) is 0 Å². The van der Waals surface area contributed by atoms with Gasteiger partial charge in [-0.2, -0.15) is 0 Å². The van der Waals surface area contributed by atoms with Crippen molar-refractivity contribution in [1.29, 1.82) is 0 Å². The molecule has 0 fully saturated rings. The van der Waals surface area contributed by atoms with E-state index in [1.807, 2.05) is 7.05 Å². The Balaban J connectivity index is 2.23. The smallest absolute Gasteiger partial charge is 0.0428 e. The highest BCUT2D eigenvalue weighted by molar-refractivity contribution is 5.58. The Morgan fingerprint density at radius 3 is 2.45 bits per heavy atom. The van der Waals surface area contributed by atoms with Gasteiger partial charge in [-0.15, -0.1) is 0 Å². The van der Waals surface area contributed by atoms with Crippen LogP contribution in [0.2, 0.25) is 0 Å². The van der Waals surface area contributed by atoms with Gasteiger partial charge in [-0.25, -0.2) is 0 Å². The lowest BCUT2D eigenvalue weighted by Gasteiger charge is -2.22. The maximum atomic E-state index is 3.19. The standard InChI is InChI=1S/C18H24N2/c1-13-9-10-16(15(3)14(13)2)12-20(5)18-8-6-7-17(11-18)19-4/h6-11,19H,12H2,1-5H3. The van der Waals surface area contributed by atoms with Gasteiger partial charge in [0, 0.05) is 32.0 Å². The van der Waals surface area contributed by atoms with Crippen molar-refractivity contribution in [1.82, 2.24) is 0 Å². The van der Waals surface area contributed by atoms with Crippen molar-refractivity contribution < 1.29 is 0 Å². The molecule has 2 nitrogen and oxygen atoms in total. The second kappa shape index (κ2) is 6.00. The summed E-state index contributed by atoms with van der Waals surface area (Å²) in [7, 11) is 4.09. The van der Waals surface area contributed by atoms with Crippen LogP contribution in [0.4, 0.5) is 11.4 Å². The van der Waals surface area contributed by atoms with E-state index >= 15 is 0 Å². The highest BCUT2D eigenvalue weighted by Gasteiger charge is 2.07. The molecule has 2 aromatic carbocycles.